The first-order valence-electron chi connectivity index (χ1n) is 5.42. The second-order valence-electron chi connectivity index (χ2n) is 3.91. The van der Waals surface area contributed by atoms with Crippen LogP contribution in [0.3, 0.4) is 0 Å². The van der Waals surface area contributed by atoms with Gasteiger partial charge < -0.3 is 10.0 Å². The zero-order valence-electron chi connectivity index (χ0n) is 8.69. The Bertz CT molecular complexity index is 329. The molecule has 3 heteroatoms. The highest BCUT2D eigenvalue weighted by Crippen LogP contribution is 2.28. The van der Waals surface area contributed by atoms with Crippen molar-refractivity contribution in [3.05, 3.63) is 29.8 Å². The van der Waals surface area contributed by atoms with Gasteiger partial charge in [0.05, 0.1) is 6.61 Å². The molecule has 0 amide bonds. The van der Waals surface area contributed by atoms with Gasteiger partial charge in [-0.2, -0.15) is 0 Å². The molecule has 1 saturated heterocycles. The Kier molecular flexibility index (Phi) is 3.21. The van der Waals surface area contributed by atoms with Crippen LogP contribution in [0, 0.1) is 0 Å². The van der Waals surface area contributed by atoms with Gasteiger partial charge in [0.15, 0.2) is 6.30 Å². The van der Waals surface area contributed by atoms with Gasteiger partial charge in [-0.3, -0.25) is 0 Å². The van der Waals surface area contributed by atoms with Gasteiger partial charge in [-0.1, -0.05) is 18.2 Å². The Morgan fingerprint density at radius 3 is 2.87 bits per heavy atom. The summed E-state index contributed by atoms with van der Waals surface area (Å²) in [5.74, 6) is 0. The molecule has 0 aliphatic carbocycles. The molecule has 15 heavy (non-hydrogen) atoms. The molecule has 1 N–H and O–H groups in total. The first kappa shape index (κ1) is 10.4. The molecule has 1 aromatic carbocycles. The van der Waals surface area contributed by atoms with E-state index >= 15 is 0 Å². The molecule has 2 rings (SSSR count). The largest absolute Gasteiger partial charge is 0.392 e. The predicted molar refractivity (Wildman–Crippen MR) is 58.5 cm³/mol. The molecular formula is C12H16FNO. The van der Waals surface area contributed by atoms with Crippen molar-refractivity contribution in [1.29, 1.82) is 0 Å². The molecule has 0 bridgehead atoms. The van der Waals surface area contributed by atoms with Gasteiger partial charge in [0.1, 0.15) is 0 Å². The zero-order chi connectivity index (χ0) is 10.7. The van der Waals surface area contributed by atoms with Gasteiger partial charge in [0.2, 0.25) is 0 Å². The molecule has 2 nitrogen and oxygen atoms in total. The van der Waals surface area contributed by atoms with E-state index in [0.29, 0.717) is 6.42 Å². The van der Waals surface area contributed by atoms with Crippen LogP contribution in [0.4, 0.5) is 10.1 Å². The minimum absolute atomic E-state index is 0.0284. The van der Waals surface area contributed by atoms with E-state index in [1.165, 1.54) is 0 Å². The summed E-state index contributed by atoms with van der Waals surface area (Å²) < 4.78 is 13.7. The fourth-order valence-electron chi connectivity index (χ4n) is 2.09. The maximum absolute atomic E-state index is 13.7. The lowest BCUT2D eigenvalue weighted by molar-refractivity contribution is 0.259. The topological polar surface area (TPSA) is 23.5 Å². The van der Waals surface area contributed by atoms with Crippen molar-refractivity contribution >= 4 is 5.69 Å². The molecule has 1 aliphatic rings. The summed E-state index contributed by atoms with van der Waals surface area (Å²) in [6.45, 7) is 0.720. The Morgan fingerprint density at radius 1 is 1.33 bits per heavy atom. The van der Waals surface area contributed by atoms with Crippen LogP contribution in [0.2, 0.25) is 0 Å². The lowest BCUT2D eigenvalue weighted by Crippen LogP contribution is -2.37. The van der Waals surface area contributed by atoms with Crippen molar-refractivity contribution in [3.8, 4) is 0 Å². The van der Waals surface area contributed by atoms with E-state index in [0.717, 1.165) is 30.6 Å². The molecule has 0 saturated carbocycles. The Hall–Kier alpha value is -1.09. The summed E-state index contributed by atoms with van der Waals surface area (Å²) in [6, 6.07) is 7.47. The number of rotatable bonds is 2. The number of aliphatic hydroxyl groups is 1. The third kappa shape index (κ3) is 2.12. The maximum atomic E-state index is 13.7. The number of anilines is 1. The van der Waals surface area contributed by atoms with Crippen LogP contribution in [-0.2, 0) is 6.61 Å². The van der Waals surface area contributed by atoms with Crippen LogP contribution >= 0.6 is 0 Å². The van der Waals surface area contributed by atoms with Gasteiger partial charge in [-0.05, 0) is 25.3 Å². The summed E-state index contributed by atoms with van der Waals surface area (Å²) >= 11 is 0. The zero-order valence-corrected chi connectivity index (χ0v) is 8.69. The molecule has 1 fully saturated rings. The van der Waals surface area contributed by atoms with Crippen LogP contribution in [0.15, 0.2) is 24.3 Å². The van der Waals surface area contributed by atoms with Crippen LogP contribution in [0.5, 0.6) is 0 Å². The number of hydrogen-bond donors (Lipinski definition) is 1. The van der Waals surface area contributed by atoms with E-state index in [1.807, 2.05) is 24.3 Å². The van der Waals surface area contributed by atoms with Crippen LogP contribution in [0.25, 0.3) is 0 Å². The fourth-order valence-corrected chi connectivity index (χ4v) is 2.09. The first-order valence-corrected chi connectivity index (χ1v) is 5.42. The minimum Gasteiger partial charge on any atom is -0.392 e. The average Bonchev–Trinajstić information content (AvgIpc) is 2.30. The van der Waals surface area contributed by atoms with Crippen molar-refractivity contribution in [3.63, 3.8) is 0 Å². The lowest BCUT2D eigenvalue weighted by atomic mass is 10.1. The third-order valence-electron chi connectivity index (χ3n) is 2.90. The lowest BCUT2D eigenvalue weighted by Gasteiger charge is -2.33. The Balaban J connectivity index is 2.26. The molecular weight excluding hydrogens is 193 g/mol. The highest BCUT2D eigenvalue weighted by atomic mass is 19.1. The molecule has 1 heterocycles. The number of alkyl halides is 1. The second kappa shape index (κ2) is 4.62. The van der Waals surface area contributed by atoms with E-state index < -0.39 is 6.30 Å². The van der Waals surface area contributed by atoms with Gasteiger partial charge in [-0.15, -0.1) is 0 Å². The molecule has 1 aliphatic heterocycles. The number of benzene rings is 1. The van der Waals surface area contributed by atoms with Crippen molar-refractivity contribution < 1.29 is 9.50 Å². The van der Waals surface area contributed by atoms with E-state index in [4.69, 9.17) is 0 Å². The standard InChI is InChI=1S/C12H16FNO/c13-12-7-3-4-8-14(12)11-6-2-1-5-10(11)9-15/h1-2,5-6,12,15H,3-4,7-9H2. The van der Waals surface area contributed by atoms with E-state index in [9.17, 15) is 9.50 Å². The SMILES string of the molecule is OCc1ccccc1N1CCCCC1F. The normalized spacial score (nSPS) is 21.7. The van der Waals surface area contributed by atoms with Gasteiger partial charge in [-0.25, -0.2) is 4.39 Å². The molecule has 0 spiro atoms. The third-order valence-corrected chi connectivity index (χ3v) is 2.90. The summed E-state index contributed by atoms with van der Waals surface area (Å²) in [6.07, 6.45) is 1.69. The Morgan fingerprint density at radius 2 is 2.13 bits per heavy atom. The summed E-state index contributed by atoms with van der Waals surface area (Å²) in [5, 5.41) is 9.19. The molecule has 1 unspecified atom stereocenters. The Labute approximate surface area is 89.3 Å². The fraction of sp³-hybridized carbons (Fsp3) is 0.500. The second-order valence-corrected chi connectivity index (χ2v) is 3.91. The monoisotopic (exact) mass is 209 g/mol. The number of aliphatic hydroxyl groups excluding tert-OH is 1. The minimum atomic E-state index is -0.897. The van der Waals surface area contributed by atoms with Crippen LogP contribution in [0.1, 0.15) is 24.8 Å². The van der Waals surface area contributed by atoms with Gasteiger partial charge >= 0.3 is 0 Å². The average molecular weight is 209 g/mol. The number of hydrogen-bond acceptors (Lipinski definition) is 2. The van der Waals surface area contributed by atoms with E-state index in [2.05, 4.69) is 0 Å². The number of piperidine rings is 1. The van der Waals surface area contributed by atoms with Crippen molar-refractivity contribution in [2.75, 3.05) is 11.4 Å². The summed E-state index contributed by atoms with van der Waals surface area (Å²) in [4.78, 5) is 1.76. The quantitative estimate of drug-likeness (QED) is 0.756. The van der Waals surface area contributed by atoms with Crippen molar-refractivity contribution in [2.45, 2.75) is 32.2 Å². The maximum Gasteiger partial charge on any atom is 0.172 e. The molecule has 1 aromatic rings. The van der Waals surface area contributed by atoms with E-state index in [1.54, 1.807) is 4.90 Å². The van der Waals surface area contributed by atoms with Gasteiger partial charge in [0, 0.05) is 17.8 Å². The molecule has 82 valence electrons. The number of halogens is 1. The highest BCUT2D eigenvalue weighted by molar-refractivity contribution is 5.54. The van der Waals surface area contributed by atoms with Crippen molar-refractivity contribution in [2.24, 2.45) is 0 Å². The summed E-state index contributed by atoms with van der Waals surface area (Å²) in [7, 11) is 0. The highest BCUT2D eigenvalue weighted by Gasteiger charge is 2.23. The molecule has 1 atom stereocenters. The number of para-hydroxylation sites is 1. The van der Waals surface area contributed by atoms with Crippen LogP contribution in [-0.4, -0.2) is 17.9 Å². The van der Waals surface area contributed by atoms with Crippen molar-refractivity contribution in [1.82, 2.24) is 0 Å². The number of nitrogens with zero attached hydrogens (tertiary/aromatic N) is 1. The van der Waals surface area contributed by atoms with Crippen LogP contribution < -0.4 is 4.90 Å². The molecule has 0 aromatic heterocycles. The predicted octanol–water partition coefficient (Wildman–Crippen LogP) is 2.46. The summed E-state index contributed by atoms with van der Waals surface area (Å²) in [5.41, 5.74) is 1.65. The molecule has 0 radical (unpaired) electrons. The van der Waals surface area contributed by atoms with E-state index in [-0.39, 0.29) is 6.61 Å². The first-order chi connectivity index (χ1) is 7.33. The smallest absolute Gasteiger partial charge is 0.172 e. The van der Waals surface area contributed by atoms with Gasteiger partial charge in [0.25, 0.3) is 0 Å².